The van der Waals surface area contributed by atoms with Gasteiger partial charge in [-0.3, -0.25) is 0 Å². The summed E-state index contributed by atoms with van der Waals surface area (Å²) in [6, 6.07) is 0. The number of fused-ring (bicyclic) bond motifs is 4. The molecule has 10 aliphatic rings. The Morgan fingerprint density at radius 2 is 1.31 bits per heavy atom. The van der Waals surface area contributed by atoms with Crippen molar-refractivity contribution in [2.45, 2.75) is 147 Å². The lowest BCUT2D eigenvalue weighted by molar-refractivity contribution is -0.577. The normalized spacial score (nSPS) is 56.7. The van der Waals surface area contributed by atoms with Crippen molar-refractivity contribution >= 4 is 0 Å². The Bertz CT molecular complexity index is 1320. The van der Waals surface area contributed by atoms with Gasteiger partial charge in [-0.15, -0.1) is 5.10 Å². The molecule has 11 rings (SSSR count). The molecule has 2 spiro atoms. The van der Waals surface area contributed by atoms with Crippen molar-refractivity contribution in [3.8, 4) is 0 Å². The molecule has 12 heteroatoms. The van der Waals surface area contributed by atoms with Gasteiger partial charge in [-0.2, -0.15) is 0 Å². The van der Waals surface area contributed by atoms with Crippen LogP contribution < -0.4 is 0 Å². The summed E-state index contributed by atoms with van der Waals surface area (Å²) in [4.78, 5) is 24.5. The van der Waals surface area contributed by atoms with Gasteiger partial charge in [0, 0.05) is 36.5 Å². The molecule has 4 bridgehead atoms. The van der Waals surface area contributed by atoms with Gasteiger partial charge in [0.25, 0.3) is 0 Å². The summed E-state index contributed by atoms with van der Waals surface area (Å²) in [6.45, 7) is 13.2. The van der Waals surface area contributed by atoms with Gasteiger partial charge < -0.3 is 23.7 Å². The van der Waals surface area contributed by atoms with E-state index in [0.29, 0.717) is 23.7 Å². The molecule has 250 valence electrons. The van der Waals surface area contributed by atoms with Gasteiger partial charge in [0.1, 0.15) is 5.69 Å². The molecule has 0 aromatic carbocycles. The third-order valence-electron chi connectivity index (χ3n) is 13.4. The summed E-state index contributed by atoms with van der Waals surface area (Å²) in [5, 5.41) is 9.05. The van der Waals surface area contributed by atoms with Crippen LogP contribution in [0.4, 0.5) is 0 Å². The largest absolute Gasteiger partial charge is 0.346 e. The summed E-state index contributed by atoms with van der Waals surface area (Å²) >= 11 is 0. The Morgan fingerprint density at radius 1 is 0.733 bits per heavy atom. The van der Waals surface area contributed by atoms with Crippen LogP contribution in [0.15, 0.2) is 6.20 Å². The minimum absolute atomic E-state index is 0.0897. The predicted molar refractivity (Wildman–Crippen MR) is 154 cm³/mol. The molecular weight excluding hydrogens is 582 g/mol. The maximum atomic E-state index is 6.76. The first-order chi connectivity index (χ1) is 21.6. The van der Waals surface area contributed by atoms with E-state index in [2.05, 4.69) is 38.0 Å². The van der Waals surface area contributed by atoms with Gasteiger partial charge >= 0.3 is 0 Å². The highest BCUT2D eigenvalue weighted by atomic mass is 17.3. The third kappa shape index (κ3) is 4.16. The Kier molecular flexibility index (Phi) is 6.74. The molecule has 9 heterocycles. The maximum Gasteiger partial charge on any atom is 0.201 e. The standard InChI is InChI=1S/C33H49N3O9/c1-17-7-9-24-19(3)26(38-28-32(24)22(17)11-13-30(5,40-28)42-44-32)36-15-21(34-35-36)16-37-27-20(4)25-10-8-18(2)23-12-14-31(6)41-29(39-27)33(23,25)45-43-31/h15,17-20,22-29H,7-14,16H2,1-6H3/t17-,18-,19-,20-,22+,23+,24+,25+,26-,27-,28-,29-,30-,31-,32-,33-/m1/s1. The predicted octanol–water partition coefficient (Wildman–Crippen LogP) is 5.38. The van der Waals surface area contributed by atoms with E-state index >= 15 is 0 Å². The Hall–Kier alpha value is -1.22. The fourth-order valence-electron chi connectivity index (χ4n) is 10.9. The van der Waals surface area contributed by atoms with E-state index in [1.807, 2.05) is 24.7 Å². The lowest BCUT2D eigenvalue weighted by atomic mass is 9.58. The van der Waals surface area contributed by atoms with Crippen LogP contribution in [0.5, 0.6) is 0 Å². The van der Waals surface area contributed by atoms with E-state index in [4.69, 9.17) is 43.2 Å². The van der Waals surface area contributed by atoms with Crippen molar-refractivity contribution < 1.29 is 43.2 Å². The number of hydrogen-bond donors (Lipinski definition) is 0. The molecule has 0 radical (unpaired) electrons. The summed E-state index contributed by atoms with van der Waals surface area (Å²) in [5.41, 5.74) is -0.496. The molecule has 2 aliphatic carbocycles. The second kappa shape index (κ2) is 10.1. The zero-order valence-electron chi connectivity index (χ0n) is 27.4. The molecule has 16 atom stereocenters. The molecular formula is C33H49N3O9. The average molecular weight is 632 g/mol. The van der Waals surface area contributed by atoms with E-state index in [1.165, 1.54) is 0 Å². The summed E-state index contributed by atoms with van der Waals surface area (Å²) in [7, 11) is 0. The van der Waals surface area contributed by atoms with Crippen LogP contribution >= 0.6 is 0 Å². The molecule has 0 unspecified atom stereocenters. The zero-order valence-corrected chi connectivity index (χ0v) is 27.4. The zero-order chi connectivity index (χ0) is 30.9. The fourth-order valence-corrected chi connectivity index (χ4v) is 10.9. The minimum Gasteiger partial charge on any atom is -0.346 e. The third-order valence-corrected chi connectivity index (χ3v) is 13.4. The van der Waals surface area contributed by atoms with Crippen LogP contribution in [0.1, 0.15) is 105 Å². The van der Waals surface area contributed by atoms with E-state index < -0.39 is 41.6 Å². The van der Waals surface area contributed by atoms with Gasteiger partial charge in [0.15, 0.2) is 36.3 Å². The lowest BCUT2D eigenvalue weighted by Gasteiger charge is -2.60. The van der Waals surface area contributed by atoms with Crippen LogP contribution in [-0.4, -0.2) is 56.6 Å². The molecule has 12 nitrogen and oxygen atoms in total. The Balaban J connectivity index is 0.928. The van der Waals surface area contributed by atoms with E-state index in [1.54, 1.807) is 0 Å². The molecule has 8 aliphatic heterocycles. The quantitative estimate of drug-likeness (QED) is 0.399. The number of ether oxygens (including phenoxy) is 5. The molecule has 45 heavy (non-hydrogen) atoms. The minimum atomic E-state index is -0.815. The first-order valence-electron chi connectivity index (χ1n) is 17.5. The van der Waals surface area contributed by atoms with Gasteiger partial charge in [0.2, 0.25) is 11.6 Å². The first kappa shape index (κ1) is 29.9. The second-order valence-electron chi connectivity index (χ2n) is 16.1. The number of aromatic nitrogens is 3. The van der Waals surface area contributed by atoms with Crippen molar-refractivity contribution in [3.63, 3.8) is 0 Å². The van der Waals surface area contributed by atoms with Gasteiger partial charge in [-0.05, 0) is 76.0 Å². The summed E-state index contributed by atoms with van der Waals surface area (Å²) in [5.74, 6) is 0.665. The average Bonchev–Trinajstić information content (AvgIpc) is 3.21. The molecule has 0 N–H and O–H groups in total. The molecule has 10 fully saturated rings. The van der Waals surface area contributed by atoms with E-state index in [0.717, 1.165) is 57.1 Å². The highest BCUT2D eigenvalue weighted by Crippen LogP contribution is 2.63. The highest BCUT2D eigenvalue weighted by molar-refractivity contribution is 5.11. The van der Waals surface area contributed by atoms with Crippen molar-refractivity contribution in [1.82, 2.24) is 15.0 Å². The molecule has 1 aromatic heterocycles. The van der Waals surface area contributed by atoms with E-state index in [9.17, 15) is 0 Å². The Morgan fingerprint density at radius 3 is 1.93 bits per heavy atom. The van der Waals surface area contributed by atoms with Crippen LogP contribution in [-0.2, 0) is 49.8 Å². The van der Waals surface area contributed by atoms with Gasteiger partial charge in [-0.1, -0.05) is 32.9 Å². The Labute approximate surface area is 264 Å². The molecule has 2 saturated carbocycles. The SMILES string of the molecule is C[C@H]1[C@H](OCc2cn([C@@H]3O[C@@H]4O[C@@]5(C)CC[C@H]6[C@H](C)CC[C@@H]([C@H]3C)[C@@]46OO5)nn2)O[C@@H]2O[C@@]3(C)CC[C@H]4[C@H](C)CC[C@@H]1[C@@]24OO3. The second-order valence-corrected chi connectivity index (χ2v) is 16.1. The number of hydrogen-bond acceptors (Lipinski definition) is 11. The topological polar surface area (TPSA) is 114 Å². The maximum absolute atomic E-state index is 6.76. The van der Waals surface area contributed by atoms with Crippen LogP contribution in [0, 0.1) is 47.3 Å². The van der Waals surface area contributed by atoms with Gasteiger partial charge in [-0.25, -0.2) is 24.2 Å². The summed E-state index contributed by atoms with van der Waals surface area (Å²) in [6.07, 6.45) is 7.99. The molecule has 0 amide bonds. The van der Waals surface area contributed by atoms with Crippen LogP contribution in [0.25, 0.3) is 0 Å². The van der Waals surface area contributed by atoms with Crippen LogP contribution in [0.3, 0.4) is 0 Å². The van der Waals surface area contributed by atoms with Gasteiger partial charge in [0.05, 0.1) is 12.8 Å². The smallest absolute Gasteiger partial charge is 0.201 e. The highest BCUT2D eigenvalue weighted by Gasteiger charge is 2.71. The van der Waals surface area contributed by atoms with Crippen molar-refractivity contribution in [3.05, 3.63) is 11.9 Å². The summed E-state index contributed by atoms with van der Waals surface area (Å²) < 4.78 is 34.7. The van der Waals surface area contributed by atoms with Crippen molar-refractivity contribution in [1.29, 1.82) is 0 Å². The van der Waals surface area contributed by atoms with E-state index in [-0.39, 0.29) is 36.5 Å². The first-order valence-corrected chi connectivity index (χ1v) is 17.5. The van der Waals surface area contributed by atoms with Crippen molar-refractivity contribution in [2.75, 3.05) is 0 Å². The number of rotatable bonds is 4. The fraction of sp³-hybridized carbons (Fsp3) is 0.939. The molecule has 8 saturated heterocycles. The number of nitrogens with zero attached hydrogens (tertiary/aromatic N) is 3. The van der Waals surface area contributed by atoms with Crippen molar-refractivity contribution in [2.24, 2.45) is 47.3 Å². The van der Waals surface area contributed by atoms with Crippen LogP contribution in [0.2, 0.25) is 0 Å². The monoisotopic (exact) mass is 631 g/mol. The lowest BCUT2D eigenvalue weighted by Crippen LogP contribution is -2.70. The molecule has 1 aromatic rings.